The minimum Gasteiger partial charge on any atom is -0.354 e. The van der Waals surface area contributed by atoms with E-state index in [1.165, 1.54) is 0 Å². The van der Waals surface area contributed by atoms with Crippen LogP contribution in [0.5, 0.6) is 0 Å². The summed E-state index contributed by atoms with van der Waals surface area (Å²) in [6.45, 7) is 2.70. The molecule has 6 heavy (non-hydrogen) atoms. The molecule has 2 nitrogen and oxygen atoms in total. The zero-order chi connectivity index (χ0) is 4.83. The number of hydrogen-bond acceptors (Lipinski definition) is 2. The lowest BCUT2D eigenvalue weighted by Gasteiger charge is -1.90. The van der Waals surface area contributed by atoms with Crippen molar-refractivity contribution in [1.29, 1.82) is 0 Å². The van der Waals surface area contributed by atoms with E-state index in [-0.39, 0.29) is 6.79 Å². The summed E-state index contributed by atoms with van der Waals surface area (Å²) in [6.07, 6.45) is 0. The Morgan fingerprint density at radius 1 is 1.67 bits per heavy atom. The normalized spacial score (nSPS) is 9.00. The zero-order valence-corrected chi connectivity index (χ0v) is 4.36. The lowest BCUT2D eigenvalue weighted by molar-refractivity contribution is 0.0285. The lowest BCUT2D eigenvalue weighted by atomic mass is 10.9. The topological polar surface area (TPSA) is 18.5 Å². The number of rotatable bonds is 3. The molecule has 0 atom stereocenters. The average molecular weight is 111 g/mol. The zero-order valence-electron chi connectivity index (χ0n) is 3.61. The van der Waals surface area contributed by atoms with Gasteiger partial charge in [-0.15, -0.1) is 0 Å². The van der Waals surface area contributed by atoms with Crippen molar-refractivity contribution in [2.45, 2.75) is 6.92 Å². The third-order valence-corrected chi connectivity index (χ3v) is 0.421. The van der Waals surface area contributed by atoms with Crippen molar-refractivity contribution in [3.8, 4) is 0 Å². The maximum atomic E-state index is 4.76. The van der Waals surface area contributed by atoms with Crippen LogP contribution in [-0.2, 0) is 9.03 Å². The van der Waals surface area contributed by atoms with Gasteiger partial charge in [-0.05, 0) is 6.92 Å². The summed E-state index contributed by atoms with van der Waals surface area (Å²) in [6, 6.07) is 0. The molecule has 0 amide bonds. The first-order valence-corrected chi connectivity index (χ1v) is 2.04. The van der Waals surface area contributed by atoms with Crippen LogP contribution in [0.1, 0.15) is 6.92 Å². The molecular weight excluding hydrogens is 103 g/mol. The number of ether oxygens (including phenoxy) is 1. The Balaban J connectivity index is 2.34. The summed E-state index contributed by atoms with van der Waals surface area (Å²) in [7, 11) is 0. The van der Waals surface area contributed by atoms with Gasteiger partial charge in [0.15, 0.2) is 6.79 Å². The third-order valence-electron chi connectivity index (χ3n) is 0.332. The summed E-state index contributed by atoms with van der Waals surface area (Å²) in [4.78, 5) is 0. The summed E-state index contributed by atoms with van der Waals surface area (Å²) in [5.41, 5.74) is 0. The molecule has 0 rings (SSSR count). The monoisotopic (exact) mass is 110 g/mol. The lowest BCUT2D eigenvalue weighted by Crippen LogP contribution is -1.90. The second-order valence-electron chi connectivity index (χ2n) is 0.720. The van der Waals surface area contributed by atoms with E-state index in [0.29, 0.717) is 6.61 Å². The minimum absolute atomic E-state index is 0.179. The summed E-state index contributed by atoms with van der Waals surface area (Å²) < 4.78 is 8.66. The highest BCUT2D eigenvalue weighted by Crippen LogP contribution is 1.78. The van der Waals surface area contributed by atoms with Gasteiger partial charge in [-0.3, -0.25) is 4.29 Å². The molecule has 0 fully saturated rings. The summed E-state index contributed by atoms with van der Waals surface area (Å²) in [5, 5.41) is 0. The predicted molar refractivity (Wildman–Crippen MR) is 23.4 cm³/mol. The molecule has 0 radical (unpaired) electrons. The molecular formula is C3H7ClO2. The van der Waals surface area contributed by atoms with Crippen LogP contribution in [0.2, 0.25) is 0 Å². The van der Waals surface area contributed by atoms with Crippen LogP contribution in [-0.4, -0.2) is 13.4 Å². The van der Waals surface area contributed by atoms with Gasteiger partial charge < -0.3 is 4.74 Å². The molecule has 0 aliphatic carbocycles. The Hall–Kier alpha value is 0.210. The van der Waals surface area contributed by atoms with Crippen molar-refractivity contribution in [2.75, 3.05) is 13.4 Å². The van der Waals surface area contributed by atoms with E-state index in [2.05, 4.69) is 9.03 Å². The molecule has 3 heteroatoms. The quantitative estimate of drug-likeness (QED) is 0.401. The maximum Gasteiger partial charge on any atom is 0.166 e. The van der Waals surface area contributed by atoms with E-state index in [1.54, 1.807) is 0 Å². The van der Waals surface area contributed by atoms with E-state index in [4.69, 9.17) is 11.9 Å². The van der Waals surface area contributed by atoms with Crippen molar-refractivity contribution in [3.63, 3.8) is 0 Å². The first kappa shape index (κ1) is 6.21. The molecule has 0 spiro atoms. The highest BCUT2D eigenvalue weighted by atomic mass is 35.5. The largest absolute Gasteiger partial charge is 0.354 e. The first-order chi connectivity index (χ1) is 2.91. The highest BCUT2D eigenvalue weighted by Gasteiger charge is 1.73. The van der Waals surface area contributed by atoms with Gasteiger partial charge in [0.25, 0.3) is 0 Å². The van der Waals surface area contributed by atoms with Crippen LogP contribution in [0, 0.1) is 0 Å². The van der Waals surface area contributed by atoms with E-state index >= 15 is 0 Å². The van der Waals surface area contributed by atoms with Gasteiger partial charge in [0.2, 0.25) is 0 Å². The van der Waals surface area contributed by atoms with Crippen molar-refractivity contribution < 1.29 is 9.03 Å². The predicted octanol–water partition coefficient (Wildman–Crippen LogP) is 1.15. The Bertz CT molecular complexity index is 20.8. The van der Waals surface area contributed by atoms with E-state index in [1.807, 2.05) is 6.92 Å². The smallest absolute Gasteiger partial charge is 0.166 e. The van der Waals surface area contributed by atoms with E-state index in [9.17, 15) is 0 Å². The molecule has 0 aliphatic rings. The van der Waals surface area contributed by atoms with Crippen LogP contribution in [0.25, 0.3) is 0 Å². The SMILES string of the molecule is CCOCOCl. The van der Waals surface area contributed by atoms with Gasteiger partial charge in [0, 0.05) is 6.61 Å². The fourth-order valence-electron chi connectivity index (χ4n) is 0.115. The Labute approximate surface area is 42.2 Å². The van der Waals surface area contributed by atoms with Crippen molar-refractivity contribution in [2.24, 2.45) is 0 Å². The molecule has 0 heterocycles. The minimum atomic E-state index is 0.179. The van der Waals surface area contributed by atoms with Crippen LogP contribution in [0.3, 0.4) is 0 Å². The maximum absolute atomic E-state index is 4.76. The van der Waals surface area contributed by atoms with Gasteiger partial charge in [-0.25, -0.2) is 0 Å². The van der Waals surface area contributed by atoms with Gasteiger partial charge in [0.1, 0.15) is 0 Å². The van der Waals surface area contributed by atoms with E-state index in [0.717, 1.165) is 0 Å². The summed E-state index contributed by atoms with van der Waals surface area (Å²) >= 11 is 4.76. The fourth-order valence-corrected chi connectivity index (χ4v) is 0.178. The molecule has 0 N–H and O–H groups in total. The Kier molecular flexibility index (Phi) is 5.39. The van der Waals surface area contributed by atoms with Crippen molar-refractivity contribution in [1.82, 2.24) is 0 Å². The van der Waals surface area contributed by atoms with Crippen LogP contribution in [0.4, 0.5) is 0 Å². The summed E-state index contributed by atoms with van der Waals surface area (Å²) in [5.74, 6) is 0. The molecule has 0 saturated carbocycles. The molecule has 0 aromatic carbocycles. The van der Waals surface area contributed by atoms with Crippen LogP contribution in [0.15, 0.2) is 0 Å². The highest BCUT2D eigenvalue weighted by molar-refractivity contribution is 6.07. The van der Waals surface area contributed by atoms with Gasteiger partial charge in [-0.2, -0.15) is 0 Å². The fraction of sp³-hybridized carbons (Fsp3) is 1.00. The molecule has 0 aliphatic heterocycles. The van der Waals surface area contributed by atoms with Crippen LogP contribution < -0.4 is 0 Å². The Morgan fingerprint density at radius 3 is 2.50 bits per heavy atom. The number of hydrogen-bond donors (Lipinski definition) is 0. The standard InChI is InChI=1S/C3H7ClO2/c1-2-5-3-6-4/h2-3H2,1H3. The van der Waals surface area contributed by atoms with E-state index < -0.39 is 0 Å². The van der Waals surface area contributed by atoms with Crippen molar-refractivity contribution >= 4 is 11.9 Å². The van der Waals surface area contributed by atoms with Gasteiger partial charge in [0.05, 0.1) is 11.9 Å². The van der Waals surface area contributed by atoms with Gasteiger partial charge in [-0.1, -0.05) is 0 Å². The first-order valence-electron chi connectivity index (χ1n) is 1.73. The molecule has 0 saturated heterocycles. The molecule has 0 aromatic heterocycles. The second-order valence-corrected chi connectivity index (χ2v) is 0.938. The molecule has 0 unspecified atom stereocenters. The molecule has 38 valence electrons. The van der Waals surface area contributed by atoms with Crippen LogP contribution >= 0.6 is 11.9 Å². The molecule has 0 bridgehead atoms. The van der Waals surface area contributed by atoms with Gasteiger partial charge >= 0.3 is 0 Å². The average Bonchev–Trinajstić information content (AvgIpc) is 1.61. The second kappa shape index (κ2) is 5.21. The Morgan fingerprint density at radius 2 is 2.33 bits per heavy atom. The van der Waals surface area contributed by atoms with Crippen molar-refractivity contribution in [3.05, 3.63) is 0 Å². The molecule has 0 aromatic rings. The number of halogens is 1. The third kappa shape index (κ3) is 4.21.